The average molecular weight is 356 g/mol. The monoisotopic (exact) mass is 356 g/mol. The second-order valence-corrected chi connectivity index (χ2v) is 4.98. The highest BCUT2D eigenvalue weighted by molar-refractivity contribution is 14.2. The van der Waals surface area contributed by atoms with Crippen LogP contribution in [0.15, 0.2) is 23.1 Å². The molecule has 4 nitrogen and oxygen atoms in total. The molecule has 0 aliphatic carbocycles. The minimum Gasteiger partial charge on any atom is -0.493 e. The molecular formula is C10H13IO4S. The third-order valence-corrected chi connectivity index (χ3v) is 3.82. The van der Waals surface area contributed by atoms with E-state index in [9.17, 15) is 0 Å². The maximum atomic E-state index is 9.16. The Kier molecular flexibility index (Phi) is 6.25. The first kappa shape index (κ1) is 13.9. The summed E-state index contributed by atoms with van der Waals surface area (Å²) in [5.41, 5.74) is 0. The van der Waals surface area contributed by atoms with Gasteiger partial charge in [0.05, 0.1) is 13.7 Å². The molecule has 0 saturated heterocycles. The van der Waals surface area contributed by atoms with Gasteiger partial charge in [0.1, 0.15) is 12.7 Å². The van der Waals surface area contributed by atoms with Crippen LogP contribution in [0.3, 0.4) is 0 Å². The Balaban J connectivity index is 2.71. The fourth-order valence-corrected chi connectivity index (χ4v) is 2.15. The molecule has 2 N–H and O–H groups in total. The van der Waals surface area contributed by atoms with Crippen LogP contribution in [0.4, 0.5) is 0 Å². The molecular weight excluding hydrogens is 343 g/mol. The number of rotatable bonds is 6. The number of benzene rings is 1. The standard InChI is InChI=1S/C10H13IO4S/c1-14-10-4-8(16-11)2-3-9(10)15-6-7(13)5-12/h2-4,7,12-13H,5-6H2,1H3/t7-/m1/s1. The minimum absolute atomic E-state index is 0.0452. The Hall–Kier alpha value is -0.180. The van der Waals surface area contributed by atoms with Crippen LogP contribution in [0.25, 0.3) is 0 Å². The van der Waals surface area contributed by atoms with Crippen molar-refractivity contribution in [1.82, 2.24) is 0 Å². The fraction of sp³-hybridized carbons (Fsp3) is 0.400. The Morgan fingerprint density at radius 3 is 2.75 bits per heavy atom. The normalized spacial score (nSPS) is 12.2. The highest BCUT2D eigenvalue weighted by Crippen LogP contribution is 2.34. The molecule has 0 aliphatic rings. The highest BCUT2D eigenvalue weighted by Gasteiger charge is 2.08. The number of halogens is 1. The third-order valence-electron chi connectivity index (χ3n) is 1.87. The van der Waals surface area contributed by atoms with E-state index in [1.165, 1.54) is 0 Å². The number of methoxy groups -OCH3 is 1. The van der Waals surface area contributed by atoms with Gasteiger partial charge in [-0.15, -0.1) is 0 Å². The number of hydrogen-bond donors (Lipinski definition) is 2. The number of aliphatic hydroxyl groups is 2. The fourth-order valence-electron chi connectivity index (χ4n) is 1.05. The molecule has 0 saturated carbocycles. The van der Waals surface area contributed by atoms with Gasteiger partial charge in [-0.25, -0.2) is 0 Å². The van der Waals surface area contributed by atoms with Gasteiger partial charge in [0.2, 0.25) is 0 Å². The summed E-state index contributed by atoms with van der Waals surface area (Å²) in [5.74, 6) is 1.18. The van der Waals surface area contributed by atoms with Gasteiger partial charge < -0.3 is 19.7 Å². The first-order valence-electron chi connectivity index (χ1n) is 4.59. The van der Waals surface area contributed by atoms with Crippen molar-refractivity contribution in [2.75, 3.05) is 20.3 Å². The molecule has 0 aromatic heterocycles. The largest absolute Gasteiger partial charge is 0.493 e. The van der Waals surface area contributed by atoms with Gasteiger partial charge in [-0.2, -0.15) is 0 Å². The van der Waals surface area contributed by atoms with Crippen LogP contribution >= 0.6 is 30.1 Å². The van der Waals surface area contributed by atoms with Crippen LogP contribution in [-0.2, 0) is 0 Å². The lowest BCUT2D eigenvalue weighted by Crippen LogP contribution is -2.21. The third kappa shape index (κ3) is 4.00. The van der Waals surface area contributed by atoms with E-state index >= 15 is 0 Å². The molecule has 1 atom stereocenters. The maximum Gasteiger partial charge on any atom is 0.161 e. The van der Waals surface area contributed by atoms with E-state index < -0.39 is 6.10 Å². The Bertz CT molecular complexity index is 335. The molecule has 0 unspecified atom stereocenters. The van der Waals surface area contributed by atoms with E-state index in [1.807, 2.05) is 12.1 Å². The van der Waals surface area contributed by atoms with E-state index in [4.69, 9.17) is 19.7 Å². The van der Waals surface area contributed by atoms with Gasteiger partial charge in [-0.05, 0) is 18.2 Å². The van der Waals surface area contributed by atoms with Crippen molar-refractivity contribution in [2.45, 2.75) is 11.0 Å². The molecule has 1 aromatic rings. The quantitative estimate of drug-likeness (QED) is 0.763. The number of hydrogen-bond acceptors (Lipinski definition) is 5. The second-order valence-electron chi connectivity index (χ2n) is 3.04. The first-order valence-corrected chi connectivity index (χ1v) is 7.95. The topological polar surface area (TPSA) is 58.9 Å². The van der Waals surface area contributed by atoms with Crippen LogP contribution in [0.2, 0.25) is 0 Å². The molecule has 1 aromatic carbocycles. The molecule has 0 amide bonds. The van der Waals surface area contributed by atoms with Crippen molar-refractivity contribution in [3.05, 3.63) is 18.2 Å². The molecule has 0 heterocycles. The van der Waals surface area contributed by atoms with E-state index in [2.05, 4.69) is 21.2 Å². The second kappa shape index (κ2) is 7.21. The predicted octanol–water partition coefficient (Wildman–Crippen LogP) is 1.87. The summed E-state index contributed by atoms with van der Waals surface area (Å²) < 4.78 is 10.5. The lowest BCUT2D eigenvalue weighted by molar-refractivity contribution is 0.0527. The molecule has 0 aliphatic heterocycles. The summed E-state index contributed by atoms with van der Waals surface area (Å²) in [6.07, 6.45) is -0.872. The zero-order valence-corrected chi connectivity index (χ0v) is 11.7. The lowest BCUT2D eigenvalue weighted by atomic mass is 10.3. The molecule has 6 heteroatoms. The minimum atomic E-state index is -0.872. The van der Waals surface area contributed by atoms with Crippen LogP contribution in [0, 0.1) is 0 Å². The smallest absolute Gasteiger partial charge is 0.161 e. The van der Waals surface area contributed by atoms with Gasteiger partial charge in [-0.1, -0.05) is 8.93 Å². The zero-order chi connectivity index (χ0) is 12.0. The van der Waals surface area contributed by atoms with Gasteiger partial charge in [0.15, 0.2) is 11.5 Å². The Morgan fingerprint density at radius 1 is 1.44 bits per heavy atom. The number of ether oxygens (including phenoxy) is 2. The van der Waals surface area contributed by atoms with Crippen LogP contribution < -0.4 is 9.47 Å². The van der Waals surface area contributed by atoms with Crippen molar-refractivity contribution in [2.24, 2.45) is 0 Å². The maximum absolute atomic E-state index is 9.16. The predicted molar refractivity (Wildman–Crippen MR) is 71.5 cm³/mol. The Labute approximate surface area is 111 Å². The molecule has 0 spiro atoms. The van der Waals surface area contributed by atoms with Crippen LogP contribution in [0.5, 0.6) is 11.5 Å². The summed E-state index contributed by atoms with van der Waals surface area (Å²) in [5, 5.41) is 17.8. The molecule has 0 radical (unpaired) electrons. The van der Waals surface area contributed by atoms with Gasteiger partial charge in [0.25, 0.3) is 0 Å². The molecule has 90 valence electrons. The first-order chi connectivity index (χ1) is 7.71. The SMILES string of the molecule is COc1cc(SI)ccc1OC[C@H](O)CO. The molecule has 0 bridgehead atoms. The average Bonchev–Trinajstić information content (AvgIpc) is 2.35. The Morgan fingerprint density at radius 2 is 2.19 bits per heavy atom. The lowest BCUT2D eigenvalue weighted by Gasteiger charge is -2.13. The van der Waals surface area contributed by atoms with E-state index in [0.717, 1.165) is 4.90 Å². The van der Waals surface area contributed by atoms with E-state index in [0.29, 0.717) is 11.5 Å². The molecule has 16 heavy (non-hydrogen) atoms. The van der Waals surface area contributed by atoms with Crippen molar-refractivity contribution < 1.29 is 19.7 Å². The van der Waals surface area contributed by atoms with E-state index in [1.54, 1.807) is 22.1 Å². The van der Waals surface area contributed by atoms with Crippen LogP contribution in [-0.4, -0.2) is 36.6 Å². The summed E-state index contributed by atoms with van der Waals surface area (Å²) in [6, 6.07) is 5.54. The summed E-state index contributed by atoms with van der Waals surface area (Å²) in [6.45, 7) is -0.270. The van der Waals surface area contributed by atoms with Crippen molar-refractivity contribution in [1.29, 1.82) is 0 Å². The molecule has 1 rings (SSSR count). The van der Waals surface area contributed by atoms with E-state index in [-0.39, 0.29) is 13.2 Å². The van der Waals surface area contributed by atoms with Gasteiger partial charge >= 0.3 is 0 Å². The van der Waals surface area contributed by atoms with Crippen LogP contribution in [0.1, 0.15) is 0 Å². The molecule has 0 fully saturated rings. The van der Waals surface area contributed by atoms with Crippen molar-refractivity contribution in [3.8, 4) is 11.5 Å². The number of aliphatic hydroxyl groups excluding tert-OH is 2. The summed E-state index contributed by atoms with van der Waals surface area (Å²) in [7, 11) is 3.14. The van der Waals surface area contributed by atoms with Crippen molar-refractivity contribution in [3.63, 3.8) is 0 Å². The summed E-state index contributed by atoms with van der Waals surface area (Å²) in [4.78, 5) is 1.06. The van der Waals surface area contributed by atoms with Gasteiger partial charge in [-0.3, -0.25) is 0 Å². The van der Waals surface area contributed by atoms with Gasteiger partial charge in [0, 0.05) is 26.1 Å². The van der Waals surface area contributed by atoms with Crippen molar-refractivity contribution >= 4 is 30.1 Å². The highest BCUT2D eigenvalue weighted by atomic mass is 127. The summed E-state index contributed by atoms with van der Waals surface area (Å²) >= 11 is 2.18. The zero-order valence-electron chi connectivity index (χ0n) is 8.72.